The van der Waals surface area contributed by atoms with Crippen LogP contribution in [-0.4, -0.2) is 38.9 Å². The zero-order chi connectivity index (χ0) is 21.8. The Labute approximate surface area is 182 Å². The van der Waals surface area contributed by atoms with Crippen molar-refractivity contribution in [2.45, 2.75) is 36.7 Å². The number of nitrogens with zero attached hydrogens (tertiary/aromatic N) is 1. The molecule has 0 saturated heterocycles. The van der Waals surface area contributed by atoms with Crippen molar-refractivity contribution in [3.05, 3.63) is 72.3 Å². The molecule has 6 nitrogen and oxygen atoms in total. The molecule has 1 aliphatic carbocycles. The van der Waals surface area contributed by atoms with Crippen LogP contribution in [0.25, 0.3) is 10.8 Å². The molecule has 31 heavy (non-hydrogen) atoms. The predicted molar refractivity (Wildman–Crippen MR) is 120 cm³/mol. The van der Waals surface area contributed by atoms with Crippen LogP contribution in [0.1, 0.15) is 24.8 Å². The largest absolute Gasteiger partial charge is 0.497 e. The van der Waals surface area contributed by atoms with Crippen LogP contribution < -0.4 is 9.46 Å². The number of carbonyl (C=O) groups excluding carboxylic acids is 1. The highest BCUT2D eigenvalue weighted by atomic mass is 32.2. The third-order valence-corrected chi connectivity index (χ3v) is 6.94. The van der Waals surface area contributed by atoms with Gasteiger partial charge in [-0.05, 0) is 53.4 Å². The number of hydrogen-bond donors (Lipinski definition) is 1. The molecule has 4 rings (SSSR count). The van der Waals surface area contributed by atoms with E-state index in [0.29, 0.717) is 6.54 Å². The van der Waals surface area contributed by atoms with Gasteiger partial charge in [0.25, 0.3) is 0 Å². The molecule has 0 unspecified atom stereocenters. The fraction of sp³-hybridized carbons (Fsp3) is 0.292. The van der Waals surface area contributed by atoms with Crippen molar-refractivity contribution in [2.75, 3.05) is 13.7 Å². The van der Waals surface area contributed by atoms with Gasteiger partial charge in [-0.25, -0.2) is 13.1 Å². The number of methoxy groups -OCH3 is 1. The van der Waals surface area contributed by atoms with Gasteiger partial charge < -0.3 is 9.64 Å². The predicted octanol–water partition coefficient (Wildman–Crippen LogP) is 3.71. The van der Waals surface area contributed by atoms with E-state index in [1.807, 2.05) is 53.4 Å². The summed E-state index contributed by atoms with van der Waals surface area (Å²) in [6.45, 7) is 0.588. The Morgan fingerprint density at radius 2 is 1.74 bits per heavy atom. The average molecular weight is 439 g/mol. The molecule has 0 aliphatic heterocycles. The number of hydrogen-bond acceptors (Lipinski definition) is 4. The van der Waals surface area contributed by atoms with Gasteiger partial charge in [-0.15, -0.1) is 0 Å². The van der Waals surface area contributed by atoms with E-state index in [1.54, 1.807) is 25.3 Å². The van der Waals surface area contributed by atoms with Crippen molar-refractivity contribution in [1.82, 2.24) is 9.62 Å². The minimum absolute atomic E-state index is 0.0421. The van der Waals surface area contributed by atoms with Crippen LogP contribution in [0.3, 0.4) is 0 Å². The number of sulfonamides is 1. The molecule has 0 radical (unpaired) electrons. The van der Waals surface area contributed by atoms with Gasteiger partial charge in [0, 0.05) is 25.6 Å². The highest BCUT2D eigenvalue weighted by molar-refractivity contribution is 7.89. The molecule has 1 aliphatic rings. The topological polar surface area (TPSA) is 75.7 Å². The normalized spacial score (nSPS) is 13.8. The summed E-state index contributed by atoms with van der Waals surface area (Å²) in [7, 11) is -2.06. The quantitative estimate of drug-likeness (QED) is 0.553. The zero-order valence-corrected chi connectivity index (χ0v) is 18.3. The molecule has 1 N–H and O–H groups in total. The maximum absolute atomic E-state index is 12.8. The van der Waals surface area contributed by atoms with Crippen molar-refractivity contribution in [3.8, 4) is 5.75 Å². The second-order valence-electron chi connectivity index (χ2n) is 7.76. The second-order valence-corrected chi connectivity index (χ2v) is 9.52. The van der Waals surface area contributed by atoms with Crippen molar-refractivity contribution in [3.63, 3.8) is 0 Å². The molecule has 0 bridgehead atoms. The van der Waals surface area contributed by atoms with Crippen molar-refractivity contribution in [1.29, 1.82) is 0 Å². The average Bonchev–Trinajstić information content (AvgIpc) is 3.62. The smallest absolute Gasteiger partial charge is 0.240 e. The molecule has 0 aromatic heterocycles. The number of fused-ring (bicyclic) bond motifs is 1. The maximum atomic E-state index is 12.8. The Morgan fingerprint density at radius 3 is 2.42 bits per heavy atom. The van der Waals surface area contributed by atoms with E-state index in [0.717, 1.165) is 34.9 Å². The zero-order valence-electron chi connectivity index (χ0n) is 17.5. The van der Waals surface area contributed by atoms with Gasteiger partial charge in [-0.1, -0.05) is 42.5 Å². The summed E-state index contributed by atoms with van der Waals surface area (Å²) in [5.74, 6) is 0.732. The second kappa shape index (κ2) is 9.08. The van der Waals surface area contributed by atoms with E-state index >= 15 is 0 Å². The summed E-state index contributed by atoms with van der Waals surface area (Å²) in [5.41, 5.74) is 1.03. The summed E-state index contributed by atoms with van der Waals surface area (Å²) >= 11 is 0. The number of rotatable bonds is 9. The standard InChI is InChI=1S/C24H26N2O4S/c1-30-22-11-6-18(7-12-22)17-26(21-9-10-21)24(27)14-15-25-31(28,29)23-13-8-19-4-2-3-5-20(19)16-23/h2-8,11-13,16,21,25H,9-10,14-15,17H2,1H3. The molecule has 0 atom stereocenters. The number of amides is 1. The molecule has 1 fully saturated rings. The fourth-order valence-electron chi connectivity index (χ4n) is 3.59. The van der Waals surface area contributed by atoms with Gasteiger partial charge >= 0.3 is 0 Å². The fourth-order valence-corrected chi connectivity index (χ4v) is 4.66. The summed E-state index contributed by atoms with van der Waals surface area (Å²) in [6, 6.07) is 20.5. The van der Waals surface area contributed by atoms with Crippen LogP contribution in [0.2, 0.25) is 0 Å². The van der Waals surface area contributed by atoms with Crippen molar-refractivity contribution < 1.29 is 17.9 Å². The molecule has 0 spiro atoms. The summed E-state index contributed by atoms with van der Waals surface area (Å²) in [5, 5.41) is 1.84. The lowest BCUT2D eigenvalue weighted by atomic mass is 10.1. The Bertz CT molecular complexity index is 1170. The van der Waals surface area contributed by atoms with Gasteiger partial charge in [0.1, 0.15) is 5.75 Å². The first-order chi connectivity index (χ1) is 15.0. The Hall–Kier alpha value is -2.90. The van der Waals surface area contributed by atoms with E-state index in [9.17, 15) is 13.2 Å². The number of carbonyl (C=O) groups is 1. The van der Waals surface area contributed by atoms with E-state index in [2.05, 4.69) is 4.72 Å². The van der Waals surface area contributed by atoms with E-state index < -0.39 is 10.0 Å². The molecule has 0 heterocycles. The van der Waals surface area contributed by atoms with Gasteiger partial charge in [0.15, 0.2) is 0 Å². The lowest BCUT2D eigenvalue weighted by Gasteiger charge is -2.23. The molecule has 1 saturated carbocycles. The molecular weight excluding hydrogens is 412 g/mol. The third-order valence-electron chi connectivity index (χ3n) is 5.48. The SMILES string of the molecule is COc1ccc(CN(C(=O)CCNS(=O)(=O)c2ccc3ccccc3c2)C2CC2)cc1. The Kier molecular flexibility index (Phi) is 6.25. The number of nitrogens with one attached hydrogen (secondary N) is 1. The first-order valence-corrected chi connectivity index (χ1v) is 11.9. The van der Waals surface area contributed by atoms with E-state index in [4.69, 9.17) is 4.74 Å². The van der Waals surface area contributed by atoms with Crippen LogP contribution in [-0.2, 0) is 21.4 Å². The van der Waals surface area contributed by atoms with Crippen LogP contribution in [0.4, 0.5) is 0 Å². The highest BCUT2D eigenvalue weighted by Gasteiger charge is 2.32. The van der Waals surface area contributed by atoms with Crippen LogP contribution in [0.15, 0.2) is 71.6 Å². The molecule has 162 valence electrons. The highest BCUT2D eigenvalue weighted by Crippen LogP contribution is 2.29. The number of ether oxygens (including phenoxy) is 1. The minimum atomic E-state index is -3.68. The summed E-state index contributed by atoms with van der Waals surface area (Å²) in [6.07, 6.45) is 2.11. The maximum Gasteiger partial charge on any atom is 0.240 e. The Balaban J connectivity index is 1.36. The lowest BCUT2D eigenvalue weighted by molar-refractivity contribution is -0.132. The molecule has 1 amide bonds. The molecule has 7 heteroatoms. The summed E-state index contributed by atoms with van der Waals surface area (Å²) < 4.78 is 33.1. The van der Waals surface area contributed by atoms with Gasteiger partial charge in [-0.2, -0.15) is 0 Å². The van der Waals surface area contributed by atoms with Crippen molar-refractivity contribution in [2.24, 2.45) is 0 Å². The molecule has 3 aromatic carbocycles. The first-order valence-electron chi connectivity index (χ1n) is 10.4. The van der Waals surface area contributed by atoms with E-state index in [1.165, 1.54) is 0 Å². The van der Waals surface area contributed by atoms with Crippen LogP contribution in [0.5, 0.6) is 5.75 Å². The lowest BCUT2D eigenvalue weighted by Crippen LogP contribution is -2.35. The van der Waals surface area contributed by atoms with Gasteiger partial charge in [0.05, 0.1) is 12.0 Å². The molecular formula is C24H26N2O4S. The van der Waals surface area contributed by atoms with E-state index in [-0.39, 0.29) is 29.8 Å². The minimum Gasteiger partial charge on any atom is -0.497 e. The van der Waals surface area contributed by atoms with Crippen LogP contribution >= 0.6 is 0 Å². The molecule has 3 aromatic rings. The number of benzene rings is 3. The third kappa shape index (κ3) is 5.24. The first kappa shape index (κ1) is 21.3. The van der Waals surface area contributed by atoms with Gasteiger partial charge in [0.2, 0.25) is 15.9 Å². The Morgan fingerprint density at radius 1 is 1.03 bits per heavy atom. The monoisotopic (exact) mass is 438 g/mol. The van der Waals surface area contributed by atoms with Crippen LogP contribution in [0, 0.1) is 0 Å². The summed E-state index contributed by atoms with van der Waals surface area (Å²) in [4.78, 5) is 14.9. The van der Waals surface area contributed by atoms with Gasteiger partial charge in [-0.3, -0.25) is 4.79 Å². The van der Waals surface area contributed by atoms with Crippen molar-refractivity contribution >= 4 is 26.7 Å².